The highest BCUT2D eigenvalue weighted by atomic mass is 32.2. The van der Waals surface area contributed by atoms with Gasteiger partial charge < -0.3 is 10.6 Å². The van der Waals surface area contributed by atoms with Crippen LogP contribution >= 0.6 is 11.8 Å². The van der Waals surface area contributed by atoms with Gasteiger partial charge in [0, 0.05) is 12.3 Å². The van der Waals surface area contributed by atoms with Crippen LogP contribution in [0.2, 0.25) is 0 Å². The lowest BCUT2D eigenvalue weighted by Crippen LogP contribution is -2.34. The second-order valence-corrected chi connectivity index (χ2v) is 6.53. The summed E-state index contributed by atoms with van der Waals surface area (Å²) in [7, 11) is 0. The lowest BCUT2D eigenvalue weighted by atomic mass is 10.2. The first kappa shape index (κ1) is 18.1. The molecule has 1 atom stereocenters. The van der Waals surface area contributed by atoms with E-state index >= 15 is 0 Å². The molecule has 2 amide bonds. The summed E-state index contributed by atoms with van der Waals surface area (Å²) in [6.45, 7) is 0. The zero-order valence-electron chi connectivity index (χ0n) is 13.9. The SMILES string of the molecule is CSCC[C@@H](NC(=O)Nc1ccc(F)cc1F)c1nnc2ccccn12. The Hall–Kier alpha value is -2.68. The van der Waals surface area contributed by atoms with Crippen molar-refractivity contribution in [1.29, 1.82) is 0 Å². The molecule has 0 radical (unpaired) electrons. The van der Waals surface area contributed by atoms with Gasteiger partial charge in [-0.2, -0.15) is 11.8 Å². The molecule has 2 N–H and O–H groups in total. The highest BCUT2D eigenvalue weighted by Crippen LogP contribution is 2.19. The number of nitrogens with one attached hydrogen (secondary N) is 2. The van der Waals surface area contributed by atoms with E-state index in [0.717, 1.165) is 11.8 Å². The number of carbonyl (C=O) groups is 1. The molecule has 0 aliphatic carbocycles. The van der Waals surface area contributed by atoms with E-state index in [0.29, 0.717) is 24.0 Å². The molecule has 2 heterocycles. The molecule has 0 aliphatic rings. The molecule has 6 nitrogen and oxygen atoms in total. The zero-order valence-corrected chi connectivity index (χ0v) is 14.8. The van der Waals surface area contributed by atoms with Gasteiger partial charge in [-0.3, -0.25) is 4.40 Å². The van der Waals surface area contributed by atoms with Gasteiger partial charge in [-0.05, 0) is 42.7 Å². The largest absolute Gasteiger partial charge is 0.328 e. The molecule has 9 heteroatoms. The highest BCUT2D eigenvalue weighted by molar-refractivity contribution is 7.98. The summed E-state index contributed by atoms with van der Waals surface area (Å²) < 4.78 is 28.5. The van der Waals surface area contributed by atoms with Crippen molar-refractivity contribution in [3.05, 3.63) is 60.1 Å². The number of halogens is 2. The van der Waals surface area contributed by atoms with Crippen molar-refractivity contribution < 1.29 is 13.6 Å². The van der Waals surface area contributed by atoms with Gasteiger partial charge in [0.15, 0.2) is 11.5 Å². The molecular weight excluding hydrogens is 360 g/mol. The molecule has 3 rings (SSSR count). The number of aromatic nitrogens is 3. The van der Waals surface area contributed by atoms with Crippen molar-refractivity contribution in [3.63, 3.8) is 0 Å². The quantitative estimate of drug-likeness (QED) is 0.688. The van der Waals surface area contributed by atoms with Crippen LogP contribution in [0.25, 0.3) is 5.65 Å². The molecule has 0 saturated heterocycles. The van der Waals surface area contributed by atoms with E-state index < -0.39 is 23.7 Å². The van der Waals surface area contributed by atoms with Crippen molar-refractivity contribution in [3.8, 4) is 0 Å². The first-order chi connectivity index (χ1) is 12.6. The molecule has 1 aromatic carbocycles. The smallest absolute Gasteiger partial charge is 0.319 e. The number of rotatable bonds is 6. The number of fused-ring (bicyclic) bond motifs is 1. The van der Waals surface area contributed by atoms with E-state index in [1.165, 1.54) is 6.07 Å². The van der Waals surface area contributed by atoms with E-state index in [2.05, 4.69) is 20.8 Å². The van der Waals surface area contributed by atoms with Crippen LogP contribution < -0.4 is 10.6 Å². The summed E-state index contributed by atoms with van der Waals surface area (Å²) in [5.74, 6) is -0.170. The molecule has 0 fully saturated rings. The molecule has 136 valence electrons. The Morgan fingerprint density at radius 3 is 2.88 bits per heavy atom. The Kier molecular flexibility index (Phi) is 5.67. The molecule has 2 aromatic heterocycles. The fourth-order valence-electron chi connectivity index (χ4n) is 2.51. The van der Waals surface area contributed by atoms with Crippen LogP contribution in [0.5, 0.6) is 0 Å². The maximum absolute atomic E-state index is 13.7. The highest BCUT2D eigenvalue weighted by Gasteiger charge is 2.20. The molecular formula is C17H17F2N5OS. The van der Waals surface area contributed by atoms with Crippen molar-refractivity contribution in [2.24, 2.45) is 0 Å². The van der Waals surface area contributed by atoms with E-state index in [-0.39, 0.29) is 5.69 Å². The number of anilines is 1. The number of hydrogen-bond donors (Lipinski definition) is 2. The van der Waals surface area contributed by atoms with Crippen molar-refractivity contribution in [2.75, 3.05) is 17.3 Å². The van der Waals surface area contributed by atoms with Gasteiger partial charge in [0.25, 0.3) is 0 Å². The van der Waals surface area contributed by atoms with Crippen LogP contribution in [0.3, 0.4) is 0 Å². The first-order valence-corrected chi connectivity index (χ1v) is 9.29. The third-order valence-electron chi connectivity index (χ3n) is 3.75. The second-order valence-electron chi connectivity index (χ2n) is 5.54. The fourth-order valence-corrected chi connectivity index (χ4v) is 2.98. The normalized spacial score (nSPS) is 12.1. The predicted octanol–water partition coefficient (Wildman–Crippen LogP) is 3.62. The maximum Gasteiger partial charge on any atom is 0.319 e. The summed E-state index contributed by atoms with van der Waals surface area (Å²) in [5.41, 5.74) is 0.571. The molecule has 0 aliphatic heterocycles. The number of amides is 2. The second kappa shape index (κ2) is 8.13. The van der Waals surface area contributed by atoms with Crippen molar-refractivity contribution in [2.45, 2.75) is 12.5 Å². The van der Waals surface area contributed by atoms with Crippen LogP contribution in [0.1, 0.15) is 18.3 Å². The van der Waals surface area contributed by atoms with E-state index in [1.807, 2.05) is 30.7 Å². The number of nitrogens with zero attached hydrogens (tertiary/aromatic N) is 3. The summed E-state index contributed by atoms with van der Waals surface area (Å²) >= 11 is 1.64. The average Bonchev–Trinajstić information content (AvgIpc) is 3.05. The summed E-state index contributed by atoms with van der Waals surface area (Å²) in [6, 6.07) is 7.46. The van der Waals surface area contributed by atoms with Gasteiger partial charge in [0.1, 0.15) is 11.6 Å². The predicted molar refractivity (Wildman–Crippen MR) is 97.2 cm³/mol. The maximum atomic E-state index is 13.7. The van der Waals surface area contributed by atoms with Gasteiger partial charge in [-0.25, -0.2) is 13.6 Å². The summed E-state index contributed by atoms with van der Waals surface area (Å²) in [6.07, 6.45) is 4.40. The van der Waals surface area contributed by atoms with Crippen LogP contribution in [0, 0.1) is 11.6 Å². The van der Waals surface area contributed by atoms with Gasteiger partial charge >= 0.3 is 6.03 Å². The van der Waals surface area contributed by atoms with Gasteiger partial charge in [0.2, 0.25) is 0 Å². The molecule has 0 bridgehead atoms. The van der Waals surface area contributed by atoms with Crippen LogP contribution in [0.4, 0.5) is 19.3 Å². The lowest BCUT2D eigenvalue weighted by Gasteiger charge is -2.17. The Balaban J connectivity index is 1.78. The minimum atomic E-state index is -0.839. The number of pyridine rings is 1. The third-order valence-corrected chi connectivity index (χ3v) is 4.39. The van der Waals surface area contributed by atoms with E-state index in [9.17, 15) is 13.6 Å². The standard InChI is InChI=1S/C17H17F2N5OS/c1-26-9-7-14(16-23-22-15-4-2-3-8-24(15)16)21-17(25)20-13-6-5-11(18)10-12(13)19/h2-6,8,10,14H,7,9H2,1H3,(H2,20,21,25)/t14-/m1/s1. The Morgan fingerprint density at radius 1 is 1.27 bits per heavy atom. The van der Waals surface area contributed by atoms with E-state index in [1.54, 1.807) is 16.2 Å². The topological polar surface area (TPSA) is 71.3 Å². The Labute approximate surface area is 153 Å². The van der Waals surface area contributed by atoms with Gasteiger partial charge in [0.05, 0.1) is 11.7 Å². The average molecular weight is 377 g/mol. The van der Waals surface area contributed by atoms with E-state index in [4.69, 9.17) is 0 Å². The van der Waals surface area contributed by atoms with Crippen LogP contribution in [0.15, 0.2) is 42.6 Å². The molecule has 0 unspecified atom stereocenters. The number of urea groups is 1. The third kappa shape index (κ3) is 4.10. The monoisotopic (exact) mass is 377 g/mol. The lowest BCUT2D eigenvalue weighted by molar-refractivity contribution is 0.247. The van der Waals surface area contributed by atoms with Crippen molar-refractivity contribution >= 4 is 29.1 Å². The molecule has 0 spiro atoms. The molecule has 26 heavy (non-hydrogen) atoms. The molecule has 0 saturated carbocycles. The summed E-state index contributed by atoms with van der Waals surface area (Å²) in [4.78, 5) is 12.3. The van der Waals surface area contributed by atoms with Crippen LogP contribution in [-0.2, 0) is 0 Å². The minimum absolute atomic E-state index is 0.0985. The number of hydrogen-bond acceptors (Lipinski definition) is 4. The number of thioether (sulfide) groups is 1. The minimum Gasteiger partial charge on any atom is -0.328 e. The Bertz CT molecular complexity index is 917. The zero-order chi connectivity index (χ0) is 18.5. The first-order valence-electron chi connectivity index (χ1n) is 7.89. The Morgan fingerprint density at radius 2 is 2.12 bits per heavy atom. The fraction of sp³-hybridized carbons (Fsp3) is 0.235. The number of benzene rings is 1. The van der Waals surface area contributed by atoms with Crippen LogP contribution in [-0.4, -0.2) is 32.6 Å². The van der Waals surface area contributed by atoms with Crippen molar-refractivity contribution in [1.82, 2.24) is 19.9 Å². The van der Waals surface area contributed by atoms with Gasteiger partial charge in [-0.15, -0.1) is 10.2 Å². The molecule has 3 aromatic rings. The number of carbonyl (C=O) groups excluding carboxylic acids is 1. The van der Waals surface area contributed by atoms with Gasteiger partial charge in [-0.1, -0.05) is 6.07 Å². The summed E-state index contributed by atoms with van der Waals surface area (Å²) in [5, 5.41) is 13.5.